The van der Waals surface area contributed by atoms with E-state index >= 15 is 0 Å². The summed E-state index contributed by atoms with van der Waals surface area (Å²) in [6.45, 7) is 0.0534. The molecule has 1 saturated heterocycles. The van der Waals surface area contributed by atoms with Gasteiger partial charge in [0.15, 0.2) is 5.65 Å². The van der Waals surface area contributed by atoms with E-state index in [2.05, 4.69) is 10.1 Å². The van der Waals surface area contributed by atoms with E-state index in [-0.39, 0.29) is 18.5 Å². The van der Waals surface area contributed by atoms with Crippen LogP contribution in [0.5, 0.6) is 0 Å². The highest BCUT2D eigenvalue weighted by Crippen LogP contribution is 2.38. The van der Waals surface area contributed by atoms with Gasteiger partial charge in [-0.15, -0.1) is 0 Å². The van der Waals surface area contributed by atoms with Crippen LogP contribution in [0.2, 0.25) is 0 Å². The van der Waals surface area contributed by atoms with Crippen molar-refractivity contribution in [3.05, 3.63) is 53.9 Å². The zero-order chi connectivity index (χ0) is 16.8. The number of fused-ring (bicyclic) bond motifs is 1. The van der Waals surface area contributed by atoms with Gasteiger partial charge >= 0.3 is 0 Å². The van der Waals surface area contributed by atoms with Crippen LogP contribution >= 0.6 is 0 Å². The van der Waals surface area contributed by atoms with Gasteiger partial charge in [-0.1, -0.05) is 0 Å². The smallest absolute Gasteiger partial charge is 0.180 e. The number of nitrogens with zero attached hydrogens (tertiary/aromatic N) is 4. The molecule has 1 aliphatic rings. The van der Waals surface area contributed by atoms with Crippen molar-refractivity contribution >= 4 is 17.2 Å². The quantitative estimate of drug-likeness (QED) is 0.783. The summed E-state index contributed by atoms with van der Waals surface area (Å²) in [6.07, 6.45) is 2.04. The molecule has 3 heterocycles. The molecule has 0 saturated carbocycles. The molecule has 4 rings (SSSR count). The lowest BCUT2D eigenvalue weighted by molar-refractivity contribution is 0.355. The summed E-state index contributed by atoms with van der Waals surface area (Å²) >= 11 is 0. The first-order valence-corrected chi connectivity index (χ1v) is 7.48. The molecule has 1 fully saturated rings. The minimum Gasteiger partial charge on any atom is -0.394 e. The predicted molar refractivity (Wildman–Crippen MR) is 83.4 cm³/mol. The van der Waals surface area contributed by atoms with Crippen molar-refractivity contribution in [2.24, 2.45) is 0 Å². The van der Waals surface area contributed by atoms with Crippen LogP contribution in [0, 0.1) is 11.6 Å². The molecule has 5 nitrogen and oxygen atoms in total. The van der Waals surface area contributed by atoms with Crippen LogP contribution < -0.4 is 10.6 Å². The third kappa shape index (κ3) is 2.34. The number of nitrogens with two attached hydrogens (primary N) is 1. The summed E-state index contributed by atoms with van der Waals surface area (Å²) < 4.78 is 43.2. The summed E-state index contributed by atoms with van der Waals surface area (Å²) in [4.78, 5) is 6.03. The van der Waals surface area contributed by atoms with Crippen molar-refractivity contribution in [2.45, 2.75) is 18.6 Å². The Morgan fingerprint density at radius 3 is 2.88 bits per heavy atom. The second-order valence-electron chi connectivity index (χ2n) is 5.82. The summed E-state index contributed by atoms with van der Waals surface area (Å²) in [5.41, 5.74) is 6.76. The molecule has 24 heavy (non-hydrogen) atoms. The summed E-state index contributed by atoms with van der Waals surface area (Å²) in [5.74, 6) is -0.675. The average molecular weight is 333 g/mol. The molecule has 2 aromatic heterocycles. The molecule has 8 heteroatoms. The Morgan fingerprint density at radius 1 is 1.21 bits per heavy atom. The standard InChI is InChI=1S/C16H14F3N5/c17-9-1-2-12(19)11(5-9)14-6-10(18)8-23(14)15-3-4-24-16(22-15)13(20)7-21-24/h1-5,7,10,14H,6,8,20H2/t10-,14+/m0/s1. The van der Waals surface area contributed by atoms with Gasteiger partial charge in [-0.3, -0.25) is 0 Å². The zero-order valence-corrected chi connectivity index (χ0v) is 12.5. The van der Waals surface area contributed by atoms with E-state index in [1.807, 2.05) is 0 Å². The summed E-state index contributed by atoms with van der Waals surface area (Å²) in [7, 11) is 0. The molecule has 1 aromatic carbocycles. The van der Waals surface area contributed by atoms with E-state index in [0.29, 0.717) is 17.2 Å². The van der Waals surface area contributed by atoms with Crippen LogP contribution in [0.1, 0.15) is 18.0 Å². The van der Waals surface area contributed by atoms with Crippen LogP contribution in [0.4, 0.5) is 24.7 Å². The van der Waals surface area contributed by atoms with E-state index in [1.54, 1.807) is 17.2 Å². The molecule has 2 N–H and O–H groups in total. The lowest BCUT2D eigenvalue weighted by Gasteiger charge is -2.26. The molecule has 0 spiro atoms. The average Bonchev–Trinajstić information content (AvgIpc) is 3.13. The Morgan fingerprint density at radius 2 is 2.04 bits per heavy atom. The zero-order valence-electron chi connectivity index (χ0n) is 12.5. The number of hydrogen-bond donors (Lipinski definition) is 1. The lowest BCUT2D eigenvalue weighted by atomic mass is 10.0. The van der Waals surface area contributed by atoms with Crippen LogP contribution in [0.3, 0.4) is 0 Å². The number of aromatic nitrogens is 3. The second-order valence-corrected chi connectivity index (χ2v) is 5.82. The van der Waals surface area contributed by atoms with Gasteiger partial charge in [0.2, 0.25) is 0 Å². The highest BCUT2D eigenvalue weighted by molar-refractivity contribution is 5.65. The first kappa shape index (κ1) is 14.8. The Balaban J connectivity index is 1.79. The molecule has 0 aliphatic carbocycles. The van der Waals surface area contributed by atoms with E-state index in [4.69, 9.17) is 5.73 Å². The molecule has 3 aromatic rings. The fourth-order valence-electron chi connectivity index (χ4n) is 3.14. The van der Waals surface area contributed by atoms with Crippen molar-refractivity contribution in [1.29, 1.82) is 0 Å². The Labute approximate surface area is 135 Å². The van der Waals surface area contributed by atoms with Crippen molar-refractivity contribution in [1.82, 2.24) is 14.6 Å². The number of anilines is 2. The molecular weight excluding hydrogens is 319 g/mol. The molecule has 0 bridgehead atoms. The normalized spacial score (nSPS) is 20.9. The van der Waals surface area contributed by atoms with Gasteiger partial charge in [-0.2, -0.15) is 5.10 Å². The maximum absolute atomic E-state index is 14.1. The topological polar surface area (TPSA) is 59.4 Å². The fourth-order valence-corrected chi connectivity index (χ4v) is 3.14. The van der Waals surface area contributed by atoms with E-state index < -0.39 is 23.8 Å². The second kappa shape index (κ2) is 5.40. The SMILES string of the molecule is Nc1cnn2ccc(N3C[C@@H](F)C[C@@H]3c3cc(F)ccc3F)nc12. The van der Waals surface area contributed by atoms with Gasteiger partial charge in [-0.25, -0.2) is 22.7 Å². The highest BCUT2D eigenvalue weighted by Gasteiger charge is 2.36. The van der Waals surface area contributed by atoms with Crippen molar-refractivity contribution in [3.8, 4) is 0 Å². The van der Waals surface area contributed by atoms with E-state index in [9.17, 15) is 13.2 Å². The molecular formula is C16H14F3N5. The number of rotatable bonds is 2. The number of alkyl halides is 1. The summed E-state index contributed by atoms with van der Waals surface area (Å²) in [6, 6.07) is 4.23. The monoisotopic (exact) mass is 333 g/mol. The van der Waals surface area contributed by atoms with Crippen molar-refractivity contribution < 1.29 is 13.2 Å². The van der Waals surface area contributed by atoms with Crippen LogP contribution in [-0.4, -0.2) is 27.3 Å². The third-order valence-corrected chi connectivity index (χ3v) is 4.24. The molecule has 2 atom stereocenters. The van der Waals surface area contributed by atoms with Gasteiger partial charge in [0, 0.05) is 18.2 Å². The molecule has 0 amide bonds. The first-order chi connectivity index (χ1) is 11.5. The first-order valence-electron chi connectivity index (χ1n) is 7.48. The van der Waals surface area contributed by atoms with Crippen LogP contribution in [0.15, 0.2) is 36.7 Å². The van der Waals surface area contributed by atoms with Gasteiger partial charge in [0.05, 0.1) is 24.5 Å². The number of hydrogen-bond acceptors (Lipinski definition) is 4. The summed E-state index contributed by atoms with van der Waals surface area (Å²) in [5, 5.41) is 4.03. The minimum atomic E-state index is -1.15. The van der Waals surface area contributed by atoms with Gasteiger partial charge in [0.1, 0.15) is 23.6 Å². The third-order valence-electron chi connectivity index (χ3n) is 4.24. The van der Waals surface area contributed by atoms with Crippen LogP contribution in [-0.2, 0) is 0 Å². The Kier molecular flexibility index (Phi) is 3.33. The number of nitrogen functional groups attached to an aromatic ring is 1. The molecule has 0 unspecified atom stereocenters. The largest absolute Gasteiger partial charge is 0.394 e. The Hall–Kier alpha value is -2.77. The van der Waals surface area contributed by atoms with Gasteiger partial charge in [-0.05, 0) is 24.3 Å². The van der Waals surface area contributed by atoms with E-state index in [0.717, 1.165) is 18.2 Å². The lowest BCUT2D eigenvalue weighted by Crippen LogP contribution is -2.25. The maximum Gasteiger partial charge on any atom is 0.180 e. The predicted octanol–water partition coefficient (Wildman–Crippen LogP) is 2.88. The Bertz CT molecular complexity index is 910. The number of benzene rings is 1. The highest BCUT2D eigenvalue weighted by atomic mass is 19.1. The fraction of sp³-hybridized carbons (Fsp3) is 0.250. The van der Waals surface area contributed by atoms with Gasteiger partial charge in [0.25, 0.3) is 0 Å². The molecule has 124 valence electrons. The van der Waals surface area contributed by atoms with Crippen LogP contribution in [0.25, 0.3) is 5.65 Å². The number of halogens is 3. The van der Waals surface area contributed by atoms with Crippen molar-refractivity contribution in [3.63, 3.8) is 0 Å². The maximum atomic E-state index is 14.1. The van der Waals surface area contributed by atoms with Crippen molar-refractivity contribution in [2.75, 3.05) is 17.2 Å². The van der Waals surface area contributed by atoms with Gasteiger partial charge < -0.3 is 10.6 Å². The van der Waals surface area contributed by atoms with E-state index in [1.165, 1.54) is 10.7 Å². The molecule has 1 aliphatic heterocycles. The minimum absolute atomic E-state index is 0.0534. The molecule has 0 radical (unpaired) electrons.